The Labute approximate surface area is 136 Å². The molecule has 1 amide bonds. The highest BCUT2D eigenvalue weighted by atomic mass is 16.5. The molecule has 0 bridgehead atoms. The number of fused-ring (bicyclic) bond motifs is 1. The second-order valence-electron chi connectivity index (χ2n) is 7.06. The van der Waals surface area contributed by atoms with Crippen LogP contribution >= 0.6 is 0 Å². The van der Waals surface area contributed by atoms with Gasteiger partial charge in [-0.3, -0.25) is 4.79 Å². The normalized spacial score (nSPS) is 16.6. The summed E-state index contributed by atoms with van der Waals surface area (Å²) in [5.41, 5.74) is 1.38. The van der Waals surface area contributed by atoms with Gasteiger partial charge >= 0.3 is 0 Å². The lowest BCUT2D eigenvalue weighted by molar-refractivity contribution is -0.141. The Kier molecular flexibility index (Phi) is 4.20. The Bertz CT molecular complexity index is 701. The number of nitrogens with zero attached hydrogens (tertiary/aromatic N) is 3. The van der Waals surface area contributed by atoms with Gasteiger partial charge in [-0.1, -0.05) is 32.9 Å². The van der Waals surface area contributed by atoms with E-state index in [1.807, 2.05) is 49.9 Å². The van der Waals surface area contributed by atoms with Crippen molar-refractivity contribution in [2.75, 3.05) is 13.1 Å². The maximum absolute atomic E-state index is 12.3. The number of hydrogen-bond donors (Lipinski definition) is 0. The average Bonchev–Trinajstić information content (AvgIpc) is 2.54. The van der Waals surface area contributed by atoms with Crippen LogP contribution < -0.4 is 4.74 Å². The molecule has 0 radical (unpaired) electrons. The Morgan fingerprint density at radius 3 is 2.48 bits per heavy atom. The van der Waals surface area contributed by atoms with Crippen molar-refractivity contribution in [3.63, 3.8) is 0 Å². The minimum atomic E-state index is -0.322. The van der Waals surface area contributed by atoms with E-state index in [-0.39, 0.29) is 17.4 Å². The lowest BCUT2D eigenvalue weighted by Gasteiger charge is -2.35. The number of likely N-dealkylation sites (tertiary alicyclic amines) is 1. The quantitative estimate of drug-likeness (QED) is 0.855. The standard InChI is InChI=1S/C18H23N3O2/c1-18(2,3)17(22)21-10-8-13(9-11-21)23-16-12-19-14-6-4-5-7-15(14)20-16/h4-7,12-13H,8-11H2,1-3H3. The second-order valence-corrected chi connectivity index (χ2v) is 7.06. The van der Waals surface area contributed by atoms with Gasteiger partial charge in [0.25, 0.3) is 0 Å². The Balaban J connectivity index is 1.61. The molecule has 23 heavy (non-hydrogen) atoms. The second kappa shape index (κ2) is 6.14. The molecule has 122 valence electrons. The van der Waals surface area contributed by atoms with Crippen LogP contribution in [0.1, 0.15) is 33.6 Å². The van der Waals surface area contributed by atoms with E-state index in [1.165, 1.54) is 0 Å². The molecule has 0 unspecified atom stereocenters. The van der Waals surface area contributed by atoms with E-state index < -0.39 is 0 Å². The van der Waals surface area contributed by atoms with Crippen molar-refractivity contribution in [3.05, 3.63) is 30.5 Å². The molecule has 3 rings (SSSR count). The van der Waals surface area contributed by atoms with E-state index in [0.717, 1.165) is 37.0 Å². The molecule has 1 fully saturated rings. The minimum Gasteiger partial charge on any atom is -0.473 e. The summed E-state index contributed by atoms with van der Waals surface area (Å²) in [7, 11) is 0. The summed E-state index contributed by atoms with van der Waals surface area (Å²) in [5.74, 6) is 0.769. The van der Waals surface area contributed by atoms with Crippen molar-refractivity contribution >= 4 is 16.9 Å². The van der Waals surface area contributed by atoms with Crippen molar-refractivity contribution in [1.82, 2.24) is 14.9 Å². The van der Waals surface area contributed by atoms with Crippen LogP contribution in [-0.4, -0.2) is 40.0 Å². The van der Waals surface area contributed by atoms with Crippen LogP contribution in [0.15, 0.2) is 30.5 Å². The number of carbonyl (C=O) groups excluding carboxylic acids is 1. The molecular weight excluding hydrogens is 290 g/mol. The number of rotatable bonds is 2. The summed E-state index contributed by atoms with van der Waals surface area (Å²) in [5, 5.41) is 0. The zero-order valence-corrected chi connectivity index (χ0v) is 14.0. The van der Waals surface area contributed by atoms with Crippen LogP contribution in [0.4, 0.5) is 0 Å². The maximum Gasteiger partial charge on any atom is 0.233 e. The lowest BCUT2D eigenvalue weighted by Crippen LogP contribution is -2.46. The molecule has 0 aliphatic carbocycles. The molecule has 0 N–H and O–H groups in total. The zero-order chi connectivity index (χ0) is 16.4. The van der Waals surface area contributed by atoms with Gasteiger partial charge in [0.15, 0.2) is 0 Å². The SMILES string of the molecule is CC(C)(C)C(=O)N1CCC(Oc2cnc3ccccc3n2)CC1. The largest absolute Gasteiger partial charge is 0.473 e. The fourth-order valence-electron chi connectivity index (χ4n) is 2.82. The third-order valence-corrected chi connectivity index (χ3v) is 4.08. The smallest absolute Gasteiger partial charge is 0.233 e. The predicted molar refractivity (Wildman–Crippen MR) is 89.2 cm³/mol. The van der Waals surface area contributed by atoms with Crippen LogP contribution in [0.5, 0.6) is 5.88 Å². The topological polar surface area (TPSA) is 55.3 Å². The van der Waals surface area contributed by atoms with Gasteiger partial charge in [0.2, 0.25) is 11.8 Å². The van der Waals surface area contributed by atoms with Gasteiger partial charge in [0.1, 0.15) is 6.10 Å². The van der Waals surface area contributed by atoms with Gasteiger partial charge in [0.05, 0.1) is 17.2 Å². The number of aromatic nitrogens is 2. The molecule has 1 aliphatic heterocycles. The van der Waals surface area contributed by atoms with Crippen LogP contribution in [0.3, 0.4) is 0 Å². The first kappa shape index (κ1) is 15.7. The first-order chi connectivity index (χ1) is 10.9. The van der Waals surface area contributed by atoms with E-state index in [9.17, 15) is 4.79 Å². The van der Waals surface area contributed by atoms with Gasteiger partial charge < -0.3 is 9.64 Å². The van der Waals surface area contributed by atoms with Gasteiger partial charge in [-0.05, 0) is 12.1 Å². The van der Waals surface area contributed by atoms with Gasteiger partial charge in [-0.15, -0.1) is 0 Å². The van der Waals surface area contributed by atoms with Crippen molar-refractivity contribution < 1.29 is 9.53 Å². The number of para-hydroxylation sites is 2. The van der Waals surface area contributed by atoms with Crippen LogP contribution in [0.2, 0.25) is 0 Å². The molecule has 2 heterocycles. The number of carbonyl (C=O) groups is 1. The predicted octanol–water partition coefficient (Wildman–Crippen LogP) is 3.05. The molecule has 1 aliphatic rings. The summed E-state index contributed by atoms with van der Waals surface area (Å²) in [4.78, 5) is 23.1. The first-order valence-electron chi connectivity index (χ1n) is 8.11. The Morgan fingerprint density at radius 2 is 1.83 bits per heavy atom. The highest BCUT2D eigenvalue weighted by Crippen LogP contribution is 2.23. The van der Waals surface area contributed by atoms with Crippen molar-refractivity contribution in [2.24, 2.45) is 5.41 Å². The summed E-state index contributed by atoms with van der Waals surface area (Å²) in [6.45, 7) is 7.36. The van der Waals surface area contributed by atoms with Crippen molar-refractivity contribution in [1.29, 1.82) is 0 Å². The fraction of sp³-hybridized carbons (Fsp3) is 0.500. The lowest BCUT2D eigenvalue weighted by atomic mass is 9.93. The summed E-state index contributed by atoms with van der Waals surface area (Å²) < 4.78 is 5.97. The minimum absolute atomic E-state index is 0.0921. The van der Waals surface area contributed by atoms with E-state index in [0.29, 0.717) is 5.88 Å². The summed E-state index contributed by atoms with van der Waals surface area (Å²) in [6.07, 6.45) is 3.43. The molecule has 1 aromatic carbocycles. The molecule has 0 saturated carbocycles. The zero-order valence-electron chi connectivity index (χ0n) is 14.0. The van der Waals surface area contributed by atoms with E-state index in [4.69, 9.17) is 4.74 Å². The van der Waals surface area contributed by atoms with Crippen LogP contribution in [0, 0.1) is 5.41 Å². The fourth-order valence-corrected chi connectivity index (χ4v) is 2.82. The van der Waals surface area contributed by atoms with Crippen molar-refractivity contribution in [3.8, 4) is 5.88 Å². The molecule has 5 heteroatoms. The van der Waals surface area contributed by atoms with Crippen LogP contribution in [0.25, 0.3) is 11.0 Å². The van der Waals surface area contributed by atoms with Gasteiger partial charge in [0, 0.05) is 31.3 Å². The van der Waals surface area contributed by atoms with E-state index >= 15 is 0 Å². The number of benzene rings is 1. The molecule has 5 nitrogen and oxygen atoms in total. The molecule has 1 saturated heterocycles. The third kappa shape index (κ3) is 3.60. The molecule has 0 spiro atoms. The van der Waals surface area contributed by atoms with E-state index in [1.54, 1.807) is 6.20 Å². The number of piperidine rings is 1. The number of amides is 1. The van der Waals surface area contributed by atoms with Gasteiger partial charge in [-0.2, -0.15) is 0 Å². The Morgan fingerprint density at radius 1 is 1.17 bits per heavy atom. The van der Waals surface area contributed by atoms with Gasteiger partial charge in [-0.25, -0.2) is 9.97 Å². The highest BCUT2D eigenvalue weighted by molar-refractivity contribution is 5.81. The molecular formula is C18H23N3O2. The summed E-state index contributed by atoms with van der Waals surface area (Å²) >= 11 is 0. The van der Waals surface area contributed by atoms with Crippen LogP contribution in [-0.2, 0) is 4.79 Å². The molecule has 1 aromatic heterocycles. The molecule has 0 atom stereocenters. The first-order valence-corrected chi connectivity index (χ1v) is 8.11. The van der Waals surface area contributed by atoms with E-state index in [2.05, 4.69) is 9.97 Å². The summed E-state index contributed by atoms with van der Waals surface area (Å²) in [6, 6.07) is 7.75. The maximum atomic E-state index is 12.3. The third-order valence-electron chi connectivity index (χ3n) is 4.08. The highest BCUT2D eigenvalue weighted by Gasteiger charge is 2.30. The number of hydrogen-bond acceptors (Lipinski definition) is 4. The number of ether oxygens (including phenoxy) is 1. The Hall–Kier alpha value is -2.17. The molecule has 2 aromatic rings. The van der Waals surface area contributed by atoms with Crippen molar-refractivity contribution in [2.45, 2.75) is 39.7 Å². The monoisotopic (exact) mass is 313 g/mol. The average molecular weight is 313 g/mol.